The highest BCUT2D eigenvalue weighted by molar-refractivity contribution is 5.73. The zero-order valence-corrected chi connectivity index (χ0v) is 12.3. The molecular weight excluding hydrogens is 286 g/mol. The lowest BCUT2D eigenvalue weighted by Crippen LogP contribution is -2.37. The summed E-state index contributed by atoms with van der Waals surface area (Å²) in [5, 5.41) is 8.80. The van der Waals surface area contributed by atoms with Crippen molar-refractivity contribution in [3.05, 3.63) is 56.9 Å². The minimum Gasteiger partial charge on any atom is -0.480 e. The van der Waals surface area contributed by atoms with E-state index >= 15 is 0 Å². The second kappa shape index (κ2) is 5.98. The first-order valence-electron chi connectivity index (χ1n) is 6.65. The third-order valence-corrected chi connectivity index (χ3v) is 3.48. The molecule has 0 aliphatic rings. The fourth-order valence-corrected chi connectivity index (χ4v) is 2.17. The van der Waals surface area contributed by atoms with Crippen LogP contribution < -0.4 is 17.0 Å². The van der Waals surface area contributed by atoms with Gasteiger partial charge in [-0.3, -0.25) is 14.2 Å². The summed E-state index contributed by atoms with van der Waals surface area (Å²) in [5.41, 5.74) is 6.54. The molecule has 7 nitrogen and oxygen atoms in total. The number of nitrogens with zero attached hydrogens (tertiary/aromatic N) is 2. The highest BCUT2D eigenvalue weighted by atomic mass is 16.4. The summed E-state index contributed by atoms with van der Waals surface area (Å²) < 4.78 is 2.38. The molecule has 0 fully saturated rings. The summed E-state index contributed by atoms with van der Waals surface area (Å²) >= 11 is 0. The molecule has 7 heteroatoms. The van der Waals surface area contributed by atoms with Crippen molar-refractivity contribution >= 4 is 5.97 Å². The van der Waals surface area contributed by atoms with Crippen molar-refractivity contribution < 1.29 is 9.90 Å². The number of aryl methyl sites for hydroxylation is 1. The molecule has 0 saturated heterocycles. The van der Waals surface area contributed by atoms with Gasteiger partial charge in [-0.25, -0.2) is 4.79 Å². The van der Waals surface area contributed by atoms with E-state index < -0.39 is 17.7 Å². The van der Waals surface area contributed by atoms with Crippen LogP contribution in [0.25, 0.3) is 11.1 Å². The summed E-state index contributed by atoms with van der Waals surface area (Å²) in [6.07, 6.45) is 1.70. The molecule has 0 aliphatic heterocycles. The van der Waals surface area contributed by atoms with Gasteiger partial charge in [0.2, 0.25) is 0 Å². The number of carboxylic acid groups (broad SMARTS) is 1. The fourth-order valence-electron chi connectivity index (χ4n) is 2.17. The summed E-state index contributed by atoms with van der Waals surface area (Å²) in [6.45, 7) is 0. The third-order valence-electron chi connectivity index (χ3n) is 3.48. The molecule has 0 spiro atoms. The topological polar surface area (TPSA) is 107 Å². The van der Waals surface area contributed by atoms with Crippen molar-refractivity contribution in [3.8, 4) is 11.1 Å². The van der Waals surface area contributed by atoms with E-state index in [0.29, 0.717) is 11.1 Å². The first-order valence-corrected chi connectivity index (χ1v) is 6.65. The van der Waals surface area contributed by atoms with E-state index in [1.54, 1.807) is 31.3 Å². The fraction of sp³-hybridized carbons (Fsp3) is 0.267. The first-order chi connectivity index (χ1) is 10.3. The number of nitrogens with two attached hydrogens (primary N) is 1. The van der Waals surface area contributed by atoms with E-state index in [4.69, 9.17) is 10.8 Å². The number of hydrogen-bond acceptors (Lipinski definition) is 4. The average molecular weight is 303 g/mol. The van der Waals surface area contributed by atoms with E-state index in [2.05, 4.69) is 0 Å². The molecule has 1 aromatic carbocycles. The van der Waals surface area contributed by atoms with E-state index in [1.807, 2.05) is 0 Å². The second-order valence-electron chi connectivity index (χ2n) is 5.15. The summed E-state index contributed by atoms with van der Waals surface area (Å²) in [5.74, 6) is -1.06. The second-order valence-corrected chi connectivity index (χ2v) is 5.15. The van der Waals surface area contributed by atoms with Gasteiger partial charge in [-0.1, -0.05) is 24.3 Å². The molecular formula is C15H17N3O4. The minimum absolute atomic E-state index is 0.209. The van der Waals surface area contributed by atoms with Crippen LogP contribution in [-0.4, -0.2) is 26.3 Å². The maximum Gasteiger partial charge on any atom is 0.330 e. The Kier molecular flexibility index (Phi) is 4.27. The van der Waals surface area contributed by atoms with Crippen molar-refractivity contribution in [1.29, 1.82) is 0 Å². The number of aromatic nitrogens is 2. The highest BCUT2D eigenvalue weighted by Gasteiger charge is 2.13. The number of carbonyl (C=O) groups is 1. The third kappa shape index (κ3) is 2.99. The molecule has 0 bridgehead atoms. The Morgan fingerprint density at radius 3 is 2.36 bits per heavy atom. The van der Waals surface area contributed by atoms with E-state index in [9.17, 15) is 14.4 Å². The van der Waals surface area contributed by atoms with Crippen LogP contribution in [0.5, 0.6) is 0 Å². The first kappa shape index (κ1) is 15.7. The van der Waals surface area contributed by atoms with Crippen molar-refractivity contribution in [2.75, 3.05) is 0 Å². The van der Waals surface area contributed by atoms with E-state index in [0.717, 1.165) is 10.1 Å². The molecule has 0 amide bonds. The van der Waals surface area contributed by atoms with Crippen LogP contribution in [0.1, 0.15) is 5.56 Å². The normalized spacial score (nSPS) is 12.1. The lowest BCUT2D eigenvalue weighted by molar-refractivity contribution is -0.138. The number of aliphatic carboxylic acids is 1. The smallest absolute Gasteiger partial charge is 0.330 e. The molecule has 0 saturated carbocycles. The van der Waals surface area contributed by atoms with Gasteiger partial charge in [-0.2, -0.15) is 0 Å². The van der Waals surface area contributed by atoms with Crippen molar-refractivity contribution in [2.45, 2.75) is 12.5 Å². The molecule has 3 N–H and O–H groups in total. The molecule has 1 unspecified atom stereocenters. The van der Waals surface area contributed by atoms with Crippen LogP contribution in [0.3, 0.4) is 0 Å². The highest BCUT2D eigenvalue weighted by Crippen LogP contribution is 2.16. The molecule has 2 aromatic rings. The largest absolute Gasteiger partial charge is 0.480 e. The van der Waals surface area contributed by atoms with Gasteiger partial charge in [0.05, 0.1) is 5.56 Å². The predicted octanol–water partition coefficient (Wildman–Crippen LogP) is -0.295. The van der Waals surface area contributed by atoms with Crippen LogP contribution in [0.15, 0.2) is 40.1 Å². The molecule has 2 rings (SSSR count). The number of benzene rings is 1. The molecule has 22 heavy (non-hydrogen) atoms. The molecule has 116 valence electrons. The Balaban J connectivity index is 2.38. The van der Waals surface area contributed by atoms with Crippen molar-refractivity contribution in [1.82, 2.24) is 9.13 Å². The molecule has 0 radical (unpaired) electrons. The monoisotopic (exact) mass is 303 g/mol. The van der Waals surface area contributed by atoms with Gasteiger partial charge in [0.25, 0.3) is 5.56 Å². The quantitative estimate of drug-likeness (QED) is 0.806. The Morgan fingerprint density at radius 1 is 1.23 bits per heavy atom. The molecule has 1 aromatic heterocycles. The minimum atomic E-state index is -1.06. The van der Waals surface area contributed by atoms with Gasteiger partial charge in [0.1, 0.15) is 6.04 Å². The predicted molar refractivity (Wildman–Crippen MR) is 81.7 cm³/mol. The zero-order valence-electron chi connectivity index (χ0n) is 12.3. The Labute approximate surface area is 126 Å². The van der Waals surface area contributed by atoms with Gasteiger partial charge >= 0.3 is 11.7 Å². The standard InChI is InChI=1S/C15H17N3O4/c1-17-8-11(13(19)18(2)15(17)22)10-5-3-9(4-6-10)7-12(16)14(20)21/h3-6,8,12H,7,16H2,1-2H3,(H,20,21). The summed E-state index contributed by atoms with van der Waals surface area (Å²) in [7, 11) is 3.00. The molecule has 1 heterocycles. The van der Waals surface area contributed by atoms with Gasteiger partial charge in [0, 0.05) is 20.3 Å². The van der Waals surface area contributed by atoms with Crippen molar-refractivity contribution in [3.63, 3.8) is 0 Å². The maximum atomic E-state index is 12.1. The van der Waals surface area contributed by atoms with Crippen LogP contribution in [0, 0.1) is 0 Å². The average Bonchev–Trinajstić information content (AvgIpc) is 2.49. The van der Waals surface area contributed by atoms with Crippen LogP contribution >= 0.6 is 0 Å². The number of hydrogen-bond donors (Lipinski definition) is 2. The van der Waals surface area contributed by atoms with E-state index in [-0.39, 0.29) is 12.0 Å². The lowest BCUT2D eigenvalue weighted by atomic mass is 10.0. The van der Waals surface area contributed by atoms with Crippen LogP contribution in [-0.2, 0) is 25.3 Å². The van der Waals surface area contributed by atoms with Gasteiger partial charge < -0.3 is 15.4 Å². The Hall–Kier alpha value is -2.67. The summed E-state index contributed by atoms with van der Waals surface area (Å²) in [4.78, 5) is 34.6. The SMILES string of the molecule is Cn1cc(-c2ccc(CC(N)C(=O)O)cc2)c(=O)n(C)c1=O. The Bertz CT molecular complexity index is 818. The summed E-state index contributed by atoms with van der Waals surface area (Å²) in [6, 6.07) is 5.91. The van der Waals surface area contributed by atoms with Gasteiger partial charge in [-0.05, 0) is 17.5 Å². The zero-order chi connectivity index (χ0) is 16.4. The van der Waals surface area contributed by atoms with Gasteiger partial charge in [0.15, 0.2) is 0 Å². The maximum absolute atomic E-state index is 12.1. The molecule has 0 aliphatic carbocycles. The van der Waals surface area contributed by atoms with E-state index in [1.165, 1.54) is 17.8 Å². The van der Waals surface area contributed by atoms with Crippen molar-refractivity contribution in [2.24, 2.45) is 19.8 Å². The lowest BCUT2D eigenvalue weighted by Gasteiger charge is -2.09. The number of carboxylic acids is 1. The number of rotatable bonds is 4. The molecule has 1 atom stereocenters. The van der Waals surface area contributed by atoms with Gasteiger partial charge in [-0.15, -0.1) is 0 Å². The van der Waals surface area contributed by atoms with Crippen LogP contribution in [0.4, 0.5) is 0 Å². The Morgan fingerprint density at radius 2 is 1.82 bits per heavy atom. The van der Waals surface area contributed by atoms with Crippen LogP contribution in [0.2, 0.25) is 0 Å².